The lowest BCUT2D eigenvalue weighted by molar-refractivity contribution is -0.157. The summed E-state index contributed by atoms with van der Waals surface area (Å²) >= 11 is 0. The number of nitrogens with two attached hydrogens (primary N) is 2. The van der Waals surface area contributed by atoms with E-state index in [1.807, 2.05) is 12.1 Å². The first-order valence-electron chi connectivity index (χ1n) is 32.7. The molecule has 0 bridgehead atoms. The molecule has 1 saturated heterocycles. The number of Topliss-reactive ketones (excluding diaryl/α,β-unsaturated/α-hetero) is 4. The molecule has 0 aromatic heterocycles. The molecule has 1 aliphatic heterocycles. The molecule has 2 aromatic rings. The lowest BCUT2D eigenvalue weighted by Crippen LogP contribution is -2.57. The van der Waals surface area contributed by atoms with Crippen molar-refractivity contribution in [3.8, 4) is 11.1 Å². The summed E-state index contributed by atoms with van der Waals surface area (Å²) < 4.78 is 33.5. The Kier molecular flexibility index (Phi) is 30.5. The highest BCUT2D eigenvalue weighted by Crippen LogP contribution is 2.48. The van der Waals surface area contributed by atoms with E-state index in [9.17, 15) is 76.5 Å². The molecule has 2 aromatic carbocycles. The van der Waals surface area contributed by atoms with Gasteiger partial charge in [-0.05, 0) is 97.9 Å². The van der Waals surface area contributed by atoms with Crippen molar-refractivity contribution in [3.05, 3.63) is 59.9 Å². The summed E-state index contributed by atoms with van der Waals surface area (Å²) in [7, 11) is 0. The average Bonchev–Trinajstić information content (AvgIpc) is 1.58. The van der Waals surface area contributed by atoms with Gasteiger partial charge in [0.1, 0.15) is 29.5 Å². The third-order valence-corrected chi connectivity index (χ3v) is 18.8. The van der Waals surface area contributed by atoms with Gasteiger partial charge < -0.3 is 58.3 Å². The van der Waals surface area contributed by atoms with E-state index < -0.39 is 223 Å². The van der Waals surface area contributed by atoms with Gasteiger partial charge in [0.05, 0.1) is 55.4 Å². The van der Waals surface area contributed by atoms with Gasteiger partial charge in [0.2, 0.25) is 41.4 Å². The van der Waals surface area contributed by atoms with E-state index in [0.717, 1.165) is 11.1 Å². The maximum absolute atomic E-state index is 14.5. The fraction of sp³-hybridized carbons (Fsp3) is 0.647. The van der Waals surface area contributed by atoms with Crippen LogP contribution in [0.2, 0.25) is 0 Å². The second-order valence-corrected chi connectivity index (χ2v) is 26.0. The van der Waals surface area contributed by atoms with E-state index in [2.05, 4.69) is 31.9 Å². The van der Waals surface area contributed by atoms with Crippen LogP contribution in [0.15, 0.2) is 48.5 Å². The predicted octanol–water partition coefficient (Wildman–Crippen LogP) is 4.11. The van der Waals surface area contributed by atoms with Crippen LogP contribution in [0.5, 0.6) is 0 Å². The second-order valence-electron chi connectivity index (χ2n) is 26.0. The topological polar surface area (TPSA) is 379 Å². The summed E-state index contributed by atoms with van der Waals surface area (Å²) in [6.07, 6.45) is -4.25. The summed E-state index contributed by atoms with van der Waals surface area (Å²) in [6.45, 7) is 16.1. The third-order valence-electron chi connectivity index (χ3n) is 18.8. The van der Waals surface area contributed by atoms with Crippen molar-refractivity contribution in [3.63, 3.8) is 0 Å². The molecule has 1 spiro atoms. The first-order valence-corrected chi connectivity index (χ1v) is 32.7. The van der Waals surface area contributed by atoms with Gasteiger partial charge in [0.25, 0.3) is 0 Å². The molecule has 2 aliphatic rings. The smallest absolute Gasteiger partial charge is 0.329 e. The van der Waals surface area contributed by atoms with E-state index in [1.54, 1.807) is 79.7 Å². The fourth-order valence-electron chi connectivity index (χ4n) is 11.6. The number of aliphatic hydroxyl groups excluding tert-OH is 2. The number of rotatable bonds is 35. The van der Waals surface area contributed by atoms with Crippen LogP contribution >= 0.6 is 0 Å². The highest BCUT2D eigenvalue weighted by molar-refractivity contribution is 6.01. The van der Waals surface area contributed by atoms with Crippen LogP contribution < -0.4 is 43.4 Å². The van der Waals surface area contributed by atoms with Crippen LogP contribution in [-0.4, -0.2) is 148 Å². The van der Waals surface area contributed by atoms with Crippen LogP contribution in [0.3, 0.4) is 0 Å². The molecule has 516 valence electrons. The summed E-state index contributed by atoms with van der Waals surface area (Å²) in [6, 6.07) is 5.19. The SMILES string of the molecule is CC[C@H](C)[C@H](NC(=O)[C@H](N)Cc1ccc(-c2ccc(F)cc2)cc1)C(=O)C[C@@H](CO)C(=O)N[C@H](CCC(N)=O)C(=O)C[C@@H](C(=O)N[C@H](C(=O)C[C@@H](CO)C(=O)N[C@H]1C(=O)C[C@@H](C)C(=O)NC2(CC2CC(C)F)C(=O)N[C@@H]([C@@H](C)CC)C(=O)O[C@H]1C)[C@@H](C)CC)[C@@H](C)CC. The van der Waals surface area contributed by atoms with E-state index >= 15 is 0 Å². The number of hydrogen-bond donors (Lipinski definition) is 10. The summed E-state index contributed by atoms with van der Waals surface area (Å²) in [5.41, 5.74) is 12.6. The fourth-order valence-corrected chi connectivity index (χ4v) is 11.6. The number of carbonyl (C=O) groups excluding carboxylic acids is 12. The van der Waals surface area contributed by atoms with Crippen molar-refractivity contribution < 1.29 is 81.3 Å². The number of aliphatic hydroxyl groups is 2. The number of amides is 7. The Hall–Kier alpha value is -7.38. The zero-order valence-corrected chi connectivity index (χ0v) is 55.7. The van der Waals surface area contributed by atoms with Crippen molar-refractivity contribution in [1.29, 1.82) is 0 Å². The van der Waals surface area contributed by atoms with E-state index in [-0.39, 0.29) is 31.5 Å². The summed E-state index contributed by atoms with van der Waals surface area (Å²) in [4.78, 5) is 167. The molecule has 1 aliphatic carbocycles. The molecule has 93 heavy (non-hydrogen) atoms. The van der Waals surface area contributed by atoms with Crippen molar-refractivity contribution in [2.45, 2.75) is 214 Å². The van der Waals surface area contributed by atoms with Crippen molar-refractivity contribution >= 4 is 70.5 Å². The van der Waals surface area contributed by atoms with Crippen molar-refractivity contribution in [1.82, 2.24) is 31.9 Å². The Labute approximate surface area is 544 Å². The number of benzene rings is 2. The Morgan fingerprint density at radius 3 is 1.73 bits per heavy atom. The van der Waals surface area contributed by atoms with Gasteiger partial charge in [0, 0.05) is 43.9 Å². The zero-order valence-electron chi connectivity index (χ0n) is 55.7. The Balaban J connectivity index is 1.50. The van der Waals surface area contributed by atoms with Crippen LogP contribution in [0, 0.1) is 59.1 Å². The summed E-state index contributed by atoms with van der Waals surface area (Å²) in [5, 5.41) is 37.2. The maximum atomic E-state index is 14.5. The molecule has 0 radical (unpaired) electrons. The molecular formula is C68H100F2N8O15. The molecule has 1 saturated carbocycles. The predicted molar refractivity (Wildman–Crippen MR) is 341 cm³/mol. The lowest BCUT2D eigenvalue weighted by Gasteiger charge is -2.30. The van der Waals surface area contributed by atoms with Gasteiger partial charge in [-0.3, -0.25) is 52.7 Å². The van der Waals surface area contributed by atoms with Gasteiger partial charge >= 0.3 is 5.97 Å². The number of halogens is 2. The highest BCUT2D eigenvalue weighted by Gasteiger charge is 2.62. The second kappa shape index (κ2) is 36.3. The van der Waals surface area contributed by atoms with E-state index in [4.69, 9.17) is 16.2 Å². The number of alkyl halides is 1. The highest BCUT2D eigenvalue weighted by atomic mass is 19.1. The molecular weight excluding hydrogens is 1210 g/mol. The van der Waals surface area contributed by atoms with Gasteiger partial charge in [0.15, 0.2) is 23.1 Å². The number of nitrogens with one attached hydrogen (secondary N) is 6. The zero-order chi connectivity index (χ0) is 69.8. The number of carbonyl (C=O) groups is 12. The van der Waals surface area contributed by atoms with Gasteiger partial charge in [-0.15, -0.1) is 0 Å². The van der Waals surface area contributed by atoms with Crippen LogP contribution in [0.25, 0.3) is 11.1 Å². The van der Waals surface area contributed by atoms with Gasteiger partial charge in [-0.1, -0.05) is 124 Å². The third kappa shape index (κ3) is 22.1. The number of ether oxygens (including phenoxy) is 1. The summed E-state index contributed by atoms with van der Waals surface area (Å²) in [5.74, 6) is -17.8. The Bertz CT molecular complexity index is 2950. The number of hydrogen-bond acceptors (Lipinski definition) is 16. The standard InChI is InChI=1S/C68H100F2N8O15/c1-12-35(5)49(31-52(81)51(24-25-56(72)85)73-62(87)45(33-79)29-55(84)58(37(7)14-3)75-65(90)50(71)28-42-16-18-43(19-17-42)44-20-22-48(70)23-21-44)64(89)74-57(36(6)13-2)54(83)30-46(34-80)63(88)76-60-41(11)93-66(91)59(38(8)15-4)77-67(92)68(32-47(68)27-40(10)69)78-61(86)39(9)26-53(60)82/h16-23,35-41,45-47,49-51,57-60,79-80H,12-15,24-34,71H2,1-11H3,(H2,72,85)(H,73,87)(H,74,89)(H,75,90)(H,76,88)(H,77,92)(H,78,86)/t35-,36-,37-,38-,39+,40?,41-,45-,46-,47?,49+,50+,51+,57-,58-,59-,60+,68?/m0/s1. The quantitative estimate of drug-likeness (QED) is 0.0434. The van der Waals surface area contributed by atoms with E-state index in [1.165, 1.54) is 32.9 Å². The monoisotopic (exact) mass is 1310 g/mol. The first-order chi connectivity index (χ1) is 43.8. The normalized spacial score (nSPS) is 23.2. The number of primary amides is 1. The number of ketones is 4. The molecule has 4 rings (SSSR count). The van der Waals surface area contributed by atoms with Gasteiger partial charge in [-0.2, -0.15) is 0 Å². The minimum Gasteiger partial charge on any atom is -0.458 e. The maximum Gasteiger partial charge on any atom is 0.329 e. The number of esters is 1. The average molecular weight is 1310 g/mol. The van der Waals surface area contributed by atoms with Crippen LogP contribution in [0.1, 0.15) is 159 Å². The van der Waals surface area contributed by atoms with Crippen molar-refractivity contribution in [2.75, 3.05) is 13.2 Å². The van der Waals surface area contributed by atoms with Gasteiger partial charge in [-0.25, -0.2) is 13.6 Å². The minimum atomic E-state index is -1.64. The Morgan fingerprint density at radius 1 is 0.699 bits per heavy atom. The molecule has 23 nitrogen and oxygen atoms in total. The molecule has 1 heterocycles. The molecule has 3 unspecified atom stereocenters. The van der Waals surface area contributed by atoms with Crippen molar-refractivity contribution in [2.24, 2.45) is 64.7 Å². The first kappa shape index (κ1) is 78.1. The largest absolute Gasteiger partial charge is 0.458 e. The molecule has 7 amide bonds. The van der Waals surface area contributed by atoms with Crippen LogP contribution in [-0.2, 0) is 68.7 Å². The van der Waals surface area contributed by atoms with E-state index in [0.29, 0.717) is 31.2 Å². The molecule has 2 fully saturated rings. The number of cyclic esters (lactones) is 1. The molecule has 18 atom stereocenters. The van der Waals surface area contributed by atoms with Crippen LogP contribution in [0.4, 0.5) is 8.78 Å². The molecule has 12 N–H and O–H groups in total. The lowest BCUT2D eigenvalue weighted by atomic mass is 9.83. The molecule has 25 heteroatoms. The minimum absolute atomic E-state index is 0.0542. The Morgan fingerprint density at radius 2 is 1.23 bits per heavy atom.